The van der Waals surface area contributed by atoms with E-state index in [0.717, 1.165) is 22.5 Å². The minimum absolute atomic E-state index is 0. The Morgan fingerprint density at radius 1 is 0.654 bits per heavy atom. The zero-order chi connectivity index (χ0) is 17.4. The van der Waals surface area contributed by atoms with Crippen LogP contribution in [0.5, 0.6) is 0 Å². The first-order valence-corrected chi connectivity index (χ1v) is 7.69. The Morgan fingerprint density at radius 2 is 0.923 bits per heavy atom. The molecule has 6 nitrogen and oxygen atoms in total. The van der Waals surface area contributed by atoms with Crippen molar-refractivity contribution >= 4 is 23.3 Å². The Bertz CT molecular complexity index is 705. The van der Waals surface area contributed by atoms with Crippen molar-refractivity contribution in [1.82, 2.24) is 0 Å². The smallest absolute Gasteiger partial charge is 0.307 e. The number of quaternary nitrogens is 2. The lowest BCUT2D eigenvalue weighted by Gasteiger charge is -2.48. The molecule has 0 aromatic heterocycles. The predicted molar refractivity (Wildman–Crippen MR) is 85.7 cm³/mol. The van der Waals surface area contributed by atoms with Gasteiger partial charge in [0, 0.05) is 11.8 Å². The van der Waals surface area contributed by atoms with Crippen LogP contribution in [-0.2, 0) is 9.59 Å². The van der Waals surface area contributed by atoms with Gasteiger partial charge in [0.15, 0.2) is 0 Å². The van der Waals surface area contributed by atoms with Gasteiger partial charge in [-0.25, -0.2) is 0 Å². The number of halogens is 2. The molecule has 1 saturated carbocycles. The second-order valence-electron chi connectivity index (χ2n) is 6.26. The summed E-state index contributed by atoms with van der Waals surface area (Å²) in [6, 6.07) is 14.2. The summed E-state index contributed by atoms with van der Waals surface area (Å²) in [6.45, 7) is 0. The fraction of sp³-hybridized carbons (Fsp3) is 0.222. The highest BCUT2D eigenvalue weighted by atomic mass is 35.5. The van der Waals surface area contributed by atoms with E-state index < -0.39 is 35.6 Å². The fourth-order valence-corrected chi connectivity index (χ4v) is 3.67. The molecule has 0 saturated heterocycles. The maximum atomic E-state index is 11.8. The maximum Gasteiger partial charge on any atom is 0.307 e. The summed E-state index contributed by atoms with van der Waals surface area (Å²) in [7, 11) is 0. The number of carboxylic acid groups (broad SMARTS) is 2. The lowest BCUT2D eigenvalue weighted by Crippen LogP contribution is -3.00. The standard InChI is InChI=1S/C18H18N2O4.2ClH/c19-11-5-1-9(2-6-11)13-15(17(21)22)14(16(13)18(23)24)10-3-7-12(20)8-4-10;;/h1-8,13-16H,19-20H2,(H,21,22)(H,23,24);2*1H. The molecule has 2 aromatic carbocycles. The molecule has 1 aliphatic rings. The van der Waals surface area contributed by atoms with Crippen LogP contribution in [0.2, 0.25) is 0 Å². The van der Waals surface area contributed by atoms with Gasteiger partial charge in [-0.3, -0.25) is 9.59 Å². The lowest BCUT2D eigenvalue weighted by molar-refractivity contribution is -0.255. The van der Waals surface area contributed by atoms with Crippen LogP contribution in [0.15, 0.2) is 48.5 Å². The zero-order valence-corrected chi connectivity index (χ0v) is 15.3. The van der Waals surface area contributed by atoms with Crippen LogP contribution in [0.25, 0.3) is 0 Å². The fourth-order valence-electron chi connectivity index (χ4n) is 3.67. The van der Waals surface area contributed by atoms with Crippen LogP contribution in [0.3, 0.4) is 0 Å². The first-order valence-electron chi connectivity index (χ1n) is 7.69. The molecule has 0 radical (unpaired) electrons. The predicted octanol–water partition coefficient (Wildman–Crippen LogP) is -5.28. The summed E-state index contributed by atoms with van der Waals surface area (Å²) in [4.78, 5) is 23.7. The van der Waals surface area contributed by atoms with Gasteiger partial charge in [0.05, 0.1) is 11.8 Å². The van der Waals surface area contributed by atoms with Crippen molar-refractivity contribution in [3.05, 3.63) is 59.7 Å². The molecule has 0 unspecified atom stereocenters. The molecule has 0 atom stereocenters. The van der Waals surface area contributed by atoms with Crippen molar-refractivity contribution < 1.29 is 56.1 Å². The van der Waals surface area contributed by atoms with Crippen LogP contribution in [0.1, 0.15) is 23.0 Å². The van der Waals surface area contributed by atoms with Crippen molar-refractivity contribution in [2.24, 2.45) is 11.8 Å². The molecule has 0 amide bonds. The molecule has 140 valence electrons. The van der Waals surface area contributed by atoms with Crippen LogP contribution in [0, 0.1) is 11.8 Å². The highest BCUT2D eigenvalue weighted by Crippen LogP contribution is 2.57. The Morgan fingerprint density at radius 3 is 1.15 bits per heavy atom. The SMILES string of the molecule is [Cl-].[Cl-].[NH3+]c1ccc(C2C(C(=O)O)C(c3ccc([NH3+])cc3)C2C(=O)O)cc1. The first-order chi connectivity index (χ1) is 11.4. The summed E-state index contributed by atoms with van der Waals surface area (Å²) in [5.41, 5.74) is 10.7. The Labute approximate surface area is 163 Å². The van der Waals surface area contributed by atoms with Crippen molar-refractivity contribution in [3.8, 4) is 0 Å². The minimum atomic E-state index is -0.972. The lowest BCUT2D eigenvalue weighted by atomic mass is 9.52. The van der Waals surface area contributed by atoms with E-state index in [1.165, 1.54) is 0 Å². The minimum Gasteiger partial charge on any atom is -1.00 e. The first kappa shape index (κ1) is 21.9. The summed E-state index contributed by atoms with van der Waals surface area (Å²) >= 11 is 0. The number of benzene rings is 2. The number of aliphatic carboxylic acids is 2. The highest BCUT2D eigenvalue weighted by Gasteiger charge is 2.58. The largest absolute Gasteiger partial charge is 1.00 e. The number of hydrogen-bond acceptors (Lipinski definition) is 2. The summed E-state index contributed by atoms with van der Waals surface area (Å²) < 4.78 is 0. The Hall–Kier alpha value is -2.12. The van der Waals surface area contributed by atoms with Gasteiger partial charge in [-0.1, -0.05) is 24.3 Å². The van der Waals surface area contributed by atoms with Gasteiger partial charge in [0.1, 0.15) is 11.4 Å². The molecule has 2 aromatic rings. The average Bonchev–Trinajstić information content (AvgIpc) is 2.49. The van der Waals surface area contributed by atoms with Crippen LogP contribution in [-0.4, -0.2) is 22.2 Å². The monoisotopic (exact) mass is 398 g/mol. The average molecular weight is 399 g/mol. The highest BCUT2D eigenvalue weighted by molar-refractivity contribution is 5.83. The van der Waals surface area contributed by atoms with Crippen LogP contribution < -0.4 is 36.3 Å². The third-order valence-corrected chi connectivity index (χ3v) is 4.85. The molecular formula is C18H20Cl2N2O4. The molecular weight excluding hydrogens is 379 g/mol. The van der Waals surface area contributed by atoms with E-state index in [4.69, 9.17) is 0 Å². The quantitative estimate of drug-likeness (QED) is 0.409. The van der Waals surface area contributed by atoms with Gasteiger partial charge in [0.25, 0.3) is 0 Å². The van der Waals surface area contributed by atoms with Gasteiger partial charge in [-0.2, -0.15) is 0 Å². The summed E-state index contributed by atoms with van der Waals surface area (Å²) in [5.74, 6) is -4.58. The van der Waals surface area contributed by atoms with E-state index in [1.54, 1.807) is 48.5 Å². The molecule has 8 heteroatoms. The van der Waals surface area contributed by atoms with Crippen molar-refractivity contribution in [3.63, 3.8) is 0 Å². The molecule has 8 N–H and O–H groups in total. The number of carboxylic acids is 2. The van der Waals surface area contributed by atoms with E-state index in [1.807, 2.05) is 0 Å². The van der Waals surface area contributed by atoms with Crippen molar-refractivity contribution in [2.75, 3.05) is 0 Å². The van der Waals surface area contributed by atoms with Crippen LogP contribution in [0.4, 0.5) is 11.4 Å². The van der Waals surface area contributed by atoms with E-state index >= 15 is 0 Å². The molecule has 0 heterocycles. The van der Waals surface area contributed by atoms with Gasteiger partial charge in [0.2, 0.25) is 0 Å². The molecule has 1 aliphatic carbocycles. The van der Waals surface area contributed by atoms with E-state index in [9.17, 15) is 19.8 Å². The molecule has 3 rings (SSSR count). The zero-order valence-electron chi connectivity index (χ0n) is 13.8. The number of rotatable bonds is 4. The van der Waals surface area contributed by atoms with Gasteiger partial charge in [-0.05, 0) is 35.4 Å². The van der Waals surface area contributed by atoms with E-state index in [0.29, 0.717) is 0 Å². The van der Waals surface area contributed by atoms with Crippen LogP contribution >= 0.6 is 0 Å². The molecule has 0 spiro atoms. The summed E-state index contributed by atoms with van der Waals surface area (Å²) in [5, 5.41) is 19.4. The van der Waals surface area contributed by atoms with Gasteiger partial charge >= 0.3 is 11.9 Å². The third kappa shape index (κ3) is 3.83. The topological polar surface area (TPSA) is 130 Å². The van der Waals surface area contributed by atoms with E-state index in [2.05, 4.69) is 11.5 Å². The Kier molecular flexibility index (Phi) is 7.17. The number of hydrogen-bond donors (Lipinski definition) is 4. The normalized spacial score (nSPS) is 23.8. The molecule has 1 fully saturated rings. The second kappa shape index (κ2) is 8.51. The van der Waals surface area contributed by atoms with Crippen molar-refractivity contribution in [1.29, 1.82) is 0 Å². The van der Waals surface area contributed by atoms with E-state index in [-0.39, 0.29) is 24.8 Å². The maximum absolute atomic E-state index is 11.8. The molecule has 0 bridgehead atoms. The molecule has 26 heavy (non-hydrogen) atoms. The van der Waals surface area contributed by atoms with Gasteiger partial charge in [-0.15, -0.1) is 0 Å². The number of carbonyl (C=O) groups is 2. The summed E-state index contributed by atoms with van der Waals surface area (Å²) in [6.07, 6.45) is 0. The molecule has 0 aliphatic heterocycles. The van der Waals surface area contributed by atoms with Gasteiger partial charge < -0.3 is 46.5 Å². The third-order valence-electron chi connectivity index (χ3n) is 4.85. The van der Waals surface area contributed by atoms with Crippen molar-refractivity contribution in [2.45, 2.75) is 11.8 Å². The second-order valence-corrected chi connectivity index (χ2v) is 6.26. The Balaban J connectivity index is 0.00000169.